The zero-order chi connectivity index (χ0) is 13.4. The first-order valence-corrected chi connectivity index (χ1v) is 6.68. The van der Waals surface area contributed by atoms with Crippen molar-refractivity contribution in [3.8, 4) is 0 Å². The average Bonchev–Trinajstić information content (AvgIpc) is 2.33. The van der Waals surface area contributed by atoms with Crippen molar-refractivity contribution in [2.24, 2.45) is 0 Å². The summed E-state index contributed by atoms with van der Waals surface area (Å²) in [5, 5.41) is 4.20. The molecule has 102 valence electrons. The van der Waals surface area contributed by atoms with Crippen molar-refractivity contribution >= 4 is 11.6 Å². The fourth-order valence-corrected chi connectivity index (χ4v) is 1.79. The Bertz CT molecular complexity index is 344. The van der Waals surface area contributed by atoms with Crippen molar-refractivity contribution in [1.29, 1.82) is 0 Å². The highest BCUT2D eigenvalue weighted by atomic mass is 35.5. The smallest absolute Gasteiger partial charge is 0.0593 e. The molecule has 0 heterocycles. The lowest BCUT2D eigenvalue weighted by Gasteiger charge is -2.15. The highest BCUT2D eigenvalue weighted by Crippen LogP contribution is 2.16. The molecule has 4 heteroatoms. The molecule has 0 saturated carbocycles. The maximum atomic E-state index is 5.96. The first-order valence-electron chi connectivity index (χ1n) is 6.31. The number of ether oxygens (including phenoxy) is 1. The third kappa shape index (κ3) is 6.36. The first kappa shape index (κ1) is 15.4. The van der Waals surface area contributed by atoms with E-state index in [2.05, 4.69) is 23.2 Å². The van der Waals surface area contributed by atoms with Gasteiger partial charge in [0.15, 0.2) is 0 Å². The molecule has 1 unspecified atom stereocenters. The Balaban J connectivity index is 2.15. The summed E-state index contributed by atoms with van der Waals surface area (Å²) < 4.78 is 5.52. The number of benzene rings is 1. The van der Waals surface area contributed by atoms with Gasteiger partial charge in [-0.1, -0.05) is 23.7 Å². The number of likely N-dealkylation sites (N-methyl/N-ethyl adjacent to an activating group) is 1. The third-order valence-electron chi connectivity index (χ3n) is 2.73. The van der Waals surface area contributed by atoms with E-state index in [1.807, 2.05) is 32.3 Å². The number of halogens is 1. The second kappa shape index (κ2) is 8.48. The molecule has 0 aromatic heterocycles. The monoisotopic (exact) mass is 270 g/mol. The minimum absolute atomic E-state index is 0.293. The Morgan fingerprint density at radius 3 is 2.78 bits per heavy atom. The zero-order valence-corrected chi connectivity index (χ0v) is 12.2. The van der Waals surface area contributed by atoms with E-state index < -0.39 is 0 Å². The van der Waals surface area contributed by atoms with Gasteiger partial charge in [-0.25, -0.2) is 0 Å². The molecule has 0 spiro atoms. The van der Waals surface area contributed by atoms with Crippen molar-refractivity contribution in [1.82, 2.24) is 10.2 Å². The summed E-state index contributed by atoms with van der Waals surface area (Å²) >= 11 is 5.96. The second-order valence-electron chi connectivity index (χ2n) is 4.65. The molecule has 1 atom stereocenters. The topological polar surface area (TPSA) is 24.5 Å². The maximum absolute atomic E-state index is 5.96. The normalized spacial score (nSPS) is 12.9. The largest absolute Gasteiger partial charge is 0.379 e. The Morgan fingerprint density at radius 1 is 1.33 bits per heavy atom. The van der Waals surface area contributed by atoms with Gasteiger partial charge in [0.05, 0.1) is 13.2 Å². The van der Waals surface area contributed by atoms with Crippen molar-refractivity contribution < 1.29 is 4.74 Å². The van der Waals surface area contributed by atoms with Crippen LogP contribution in [0.1, 0.15) is 18.5 Å². The highest BCUT2D eigenvalue weighted by molar-refractivity contribution is 6.30. The van der Waals surface area contributed by atoms with E-state index in [-0.39, 0.29) is 0 Å². The van der Waals surface area contributed by atoms with Crippen molar-refractivity contribution in [3.63, 3.8) is 0 Å². The highest BCUT2D eigenvalue weighted by Gasteiger charge is 2.04. The lowest BCUT2D eigenvalue weighted by atomic mass is 10.1. The predicted octanol–water partition coefficient (Wildman–Crippen LogP) is 2.57. The Morgan fingerprint density at radius 2 is 2.11 bits per heavy atom. The van der Waals surface area contributed by atoms with Crippen LogP contribution in [0.25, 0.3) is 0 Å². The van der Waals surface area contributed by atoms with Gasteiger partial charge < -0.3 is 15.0 Å². The molecule has 3 nitrogen and oxygen atoms in total. The molecule has 0 fully saturated rings. The van der Waals surface area contributed by atoms with Crippen LogP contribution < -0.4 is 5.32 Å². The van der Waals surface area contributed by atoms with E-state index in [1.54, 1.807) is 0 Å². The Labute approximate surface area is 115 Å². The van der Waals surface area contributed by atoms with Crippen LogP contribution in [0.5, 0.6) is 0 Å². The van der Waals surface area contributed by atoms with Crippen molar-refractivity contribution in [2.45, 2.75) is 13.0 Å². The van der Waals surface area contributed by atoms with Gasteiger partial charge in [-0.05, 0) is 38.7 Å². The van der Waals surface area contributed by atoms with E-state index in [9.17, 15) is 0 Å². The molecule has 0 aliphatic carbocycles. The maximum Gasteiger partial charge on any atom is 0.0593 e. The predicted molar refractivity (Wildman–Crippen MR) is 77.2 cm³/mol. The lowest BCUT2D eigenvalue weighted by molar-refractivity contribution is 0.118. The van der Waals surface area contributed by atoms with Gasteiger partial charge in [0.25, 0.3) is 0 Å². The van der Waals surface area contributed by atoms with Gasteiger partial charge in [0.1, 0.15) is 0 Å². The van der Waals surface area contributed by atoms with Crippen LogP contribution in [-0.4, -0.2) is 45.3 Å². The van der Waals surface area contributed by atoms with Crippen LogP contribution in [0.4, 0.5) is 0 Å². The summed E-state index contributed by atoms with van der Waals surface area (Å²) in [7, 11) is 4.09. The van der Waals surface area contributed by atoms with Crippen molar-refractivity contribution in [3.05, 3.63) is 34.9 Å². The van der Waals surface area contributed by atoms with E-state index in [4.69, 9.17) is 16.3 Å². The fraction of sp³-hybridized carbons (Fsp3) is 0.571. The zero-order valence-electron chi connectivity index (χ0n) is 11.4. The van der Waals surface area contributed by atoms with Crippen LogP contribution in [0, 0.1) is 0 Å². The SMILES string of the molecule is CC(NCCOCCN(C)C)c1cccc(Cl)c1. The quantitative estimate of drug-likeness (QED) is 0.735. The number of rotatable bonds is 8. The Hall–Kier alpha value is -0.610. The number of hydrogen-bond donors (Lipinski definition) is 1. The molecule has 0 aliphatic rings. The van der Waals surface area contributed by atoms with Gasteiger partial charge in [0, 0.05) is 24.2 Å². The van der Waals surface area contributed by atoms with Crippen LogP contribution in [0.15, 0.2) is 24.3 Å². The van der Waals surface area contributed by atoms with E-state index >= 15 is 0 Å². The summed E-state index contributed by atoms with van der Waals surface area (Å²) in [6.45, 7) is 5.45. The number of nitrogens with one attached hydrogen (secondary N) is 1. The first-order chi connectivity index (χ1) is 8.59. The molecular weight excluding hydrogens is 248 g/mol. The molecule has 1 aromatic carbocycles. The molecule has 1 N–H and O–H groups in total. The summed E-state index contributed by atoms with van der Waals surface area (Å²) in [5.74, 6) is 0. The molecular formula is C14H23ClN2O. The summed E-state index contributed by atoms with van der Waals surface area (Å²) in [5.41, 5.74) is 1.20. The van der Waals surface area contributed by atoms with Gasteiger partial charge in [-0.2, -0.15) is 0 Å². The summed E-state index contributed by atoms with van der Waals surface area (Å²) in [4.78, 5) is 2.11. The second-order valence-corrected chi connectivity index (χ2v) is 5.08. The molecule has 0 aliphatic heterocycles. The van der Waals surface area contributed by atoms with E-state index in [0.29, 0.717) is 6.04 Å². The lowest BCUT2D eigenvalue weighted by Crippen LogP contribution is -2.25. The molecule has 0 bridgehead atoms. The van der Waals surface area contributed by atoms with Gasteiger partial charge >= 0.3 is 0 Å². The number of nitrogens with zero attached hydrogens (tertiary/aromatic N) is 1. The Kier molecular flexibility index (Phi) is 7.28. The molecule has 1 rings (SSSR count). The molecule has 0 radical (unpaired) electrons. The minimum atomic E-state index is 0.293. The van der Waals surface area contributed by atoms with E-state index in [0.717, 1.165) is 31.3 Å². The minimum Gasteiger partial charge on any atom is -0.379 e. The van der Waals surface area contributed by atoms with Gasteiger partial charge in [-0.15, -0.1) is 0 Å². The molecule has 1 aromatic rings. The van der Waals surface area contributed by atoms with Gasteiger partial charge in [0.2, 0.25) is 0 Å². The van der Waals surface area contributed by atoms with Crippen LogP contribution >= 0.6 is 11.6 Å². The standard InChI is InChI=1S/C14H23ClN2O/c1-12(13-5-4-6-14(15)11-13)16-7-9-18-10-8-17(2)3/h4-6,11-12,16H,7-10H2,1-3H3. The van der Waals surface area contributed by atoms with E-state index in [1.165, 1.54) is 5.56 Å². The van der Waals surface area contributed by atoms with Gasteiger partial charge in [-0.3, -0.25) is 0 Å². The summed E-state index contributed by atoms with van der Waals surface area (Å²) in [6.07, 6.45) is 0. The average molecular weight is 271 g/mol. The molecule has 0 amide bonds. The molecule has 18 heavy (non-hydrogen) atoms. The third-order valence-corrected chi connectivity index (χ3v) is 2.96. The van der Waals surface area contributed by atoms with Crippen LogP contribution in [0.2, 0.25) is 5.02 Å². The number of hydrogen-bond acceptors (Lipinski definition) is 3. The fourth-order valence-electron chi connectivity index (χ4n) is 1.59. The van der Waals surface area contributed by atoms with Crippen molar-refractivity contribution in [2.75, 3.05) is 40.4 Å². The van der Waals surface area contributed by atoms with Crippen LogP contribution in [0.3, 0.4) is 0 Å². The summed E-state index contributed by atoms with van der Waals surface area (Å²) in [6, 6.07) is 8.23. The van der Waals surface area contributed by atoms with Crippen LogP contribution in [-0.2, 0) is 4.74 Å². The molecule has 0 saturated heterocycles.